The molecule has 0 aliphatic heterocycles. The summed E-state index contributed by atoms with van der Waals surface area (Å²) in [5, 5.41) is 19.8. The van der Waals surface area contributed by atoms with Crippen molar-refractivity contribution in [3.63, 3.8) is 0 Å². The molecule has 0 unspecified atom stereocenters. The van der Waals surface area contributed by atoms with E-state index in [9.17, 15) is 4.79 Å². The third-order valence-electron chi connectivity index (χ3n) is 2.55. The number of nitrogens with zero attached hydrogens (tertiary/aromatic N) is 4. The fourth-order valence-corrected chi connectivity index (χ4v) is 1.72. The Hall–Kier alpha value is -2.15. The third-order valence-corrected chi connectivity index (χ3v) is 2.85. The number of hydrogen-bond acceptors (Lipinski definition) is 5. The fraction of sp³-hybridized carbons (Fsp3) is 0.273. The van der Waals surface area contributed by atoms with Crippen molar-refractivity contribution in [2.45, 2.75) is 6.42 Å². The van der Waals surface area contributed by atoms with Gasteiger partial charge in [0, 0.05) is 26.2 Å². The van der Waals surface area contributed by atoms with Crippen LogP contribution in [0.15, 0.2) is 18.6 Å². The molecule has 0 aliphatic carbocycles. The van der Waals surface area contributed by atoms with E-state index in [0.717, 1.165) is 5.82 Å². The maximum Gasteiger partial charge on any atom is 0.337 e. The highest BCUT2D eigenvalue weighted by Gasteiger charge is 2.10. The summed E-state index contributed by atoms with van der Waals surface area (Å²) in [6.45, 7) is 0.570. The molecule has 0 saturated heterocycles. The number of carboxylic acid groups (broad SMARTS) is 1. The highest BCUT2D eigenvalue weighted by atomic mass is 35.5. The average Bonchev–Trinajstić information content (AvgIpc) is 2.77. The van der Waals surface area contributed by atoms with Crippen molar-refractivity contribution in [3.8, 4) is 0 Å². The Morgan fingerprint density at radius 3 is 3.00 bits per heavy atom. The number of anilines is 1. The minimum absolute atomic E-state index is 0.0258. The van der Waals surface area contributed by atoms with E-state index >= 15 is 0 Å². The maximum absolute atomic E-state index is 10.9. The summed E-state index contributed by atoms with van der Waals surface area (Å²) in [6, 6.07) is 1.40. The average molecular weight is 282 g/mol. The van der Waals surface area contributed by atoms with Crippen LogP contribution in [-0.4, -0.2) is 37.4 Å². The van der Waals surface area contributed by atoms with E-state index in [1.807, 2.05) is 11.6 Å². The Morgan fingerprint density at radius 2 is 2.37 bits per heavy atom. The van der Waals surface area contributed by atoms with E-state index in [4.69, 9.17) is 16.7 Å². The van der Waals surface area contributed by atoms with Crippen LogP contribution < -0.4 is 5.32 Å². The molecule has 2 N–H and O–H groups in total. The lowest BCUT2D eigenvalue weighted by atomic mass is 10.2. The molecule has 7 nitrogen and oxygen atoms in total. The number of halogens is 1. The van der Waals surface area contributed by atoms with Crippen molar-refractivity contribution >= 4 is 23.4 Å². The molecule has 2 aromatic heterocycles. The molecule has 19 heavy (non-hydrogen) atoms. The topological polar surface area (TPSA) is 92.9 Å². The monoisotopic (exact) mass is 281 g/mol. The highest BCUT2D eigenvalue weighted by molar-refractivity contribution is 6.33. The van der Waals surface area contributed by atoms with Gasteiger partial charge in [-0.15, -0.1) is 10.2 Å². The fourth-order valence-electron chi connectivity index (χ4n) is 1.54. The van der Waals surface area contributed by atoms with E-state index in [1.165, 1.54) is 12.3 Å². The zero-order valence-corrected chi connectivity index (χ0v) is 10.9. The summed E-state index contributed by atoms with van der Waals surface area (Å²) < 4.78 is 1.82. The molecule has 2 heterocycles. The number of carbonyl (C=O) groups is 1. The van der Waals surface area contributed by atoms with Gasteiger partial charge in [0.1, 0.15) is 18.0 Å². The summed E-state index contributed by atoms with van der Waals surface area (Å²) >= 11 is 5.73. The Balaban J connectivity index is 1.98. The van der Waals surface area contributed by atoms with Crippen LogP contribution in [0.25, 0.3) is 0 Å². The third kappa shape index (κ3) is 3.19. The molecule has 100 valence electrons. The number of rotatable bonds is 5. The van der Waals surface area contributed by atoms with Crippen molar-refractivity contribution in [1.82, 2.24) is 19.7 Å². The lowest BCUT2D eigenvalue weighted by molar-refractivity contribution is 0.0697. The number of nitrogens with one attached hydrogen (secondary N) is 1. The maximum atomic E-state index is 10.9. The Morgan fingerprint density at radius 1 is 1.58 bits per heavy atom. The molecule has 0 fully saturated rings. The van der Waals surface area contributed by atoms with Crippen LogP contribution in [0.2, 0.25) is 5.02 Å². The van der Waals surface area contributed by atoms with Gasteiger partial charge in [-0.25, -0.2) is 9.78 Å². The molecule has 2 rings (SSSR count). The second-order valence-electron chi connectivity index (χ2n) is 3.89. The molecule has 8 heteroatoms. The predicted molar refractivity (Wildman–Crippen MR) is 69.4 cm³/mol. The van der Waals surface area contributed by atoms with E-state index < -0.39 is 5.97 Å². The molecule has 0 atom stereocenters. The van der Waals surface area contributed by atoms with Crippen molar-refractivity contribution in [1.29, 1.82) is 0 Å². The molecular weight excluding hydrogens is 270 g/mol. The van der Waals surface area contributed by atoms with E-state index in [1.54, 1.807) is 6.33 Å². The van der Waals surface area contributed by atoms with Gasteiger partial charge in [-0.05, 0) is 6.07 Å². The van der Waals surface area contributed by atoms with Crippen molar-refractivity contribution in [2.75, 3.05) is 11.9 Å². The van der Waals surface area contributed by atoms with Gasteiger partial charge < -0.3 is 15.0 Å². The number of pyridine rings is 1. The number of aryl methyl sites for hydroxylation is 1. The van der Waals surface area contributed by atoms with Crippen molar-refractivity contribution in [2.24, 2.45) is 7.05 Å². The SMILES string of the molecule is Cn1cnnc1CCNc1cc(C(=O)O)c(Cl)cn1. The summed E-state index contributed by atoms with van der Waals surface area (Å²) in [6.07, 6.45) is 3.59. The molecule has 0 spiro atoms. The van der Waals surface area contributed by atoms with E-state index in [-0.39, 0.29) is 10.6 Å². The largest absolute Gasteiger partial charge is 0.478 e. The van der Waals surface area contributed by atoms with Crippen LogP contribution in [-0.2, 0) is 13.5 Å². The first-order chi connectivity index (χ1) is 9.08. The molecule has 2 aromatic rings. The standard InChI is InChI=1S/C11H12ClN5O2/c1-17-6-15-16-10(17)2-3-13-9-4-7(11(18)19)8(12)5-14-9/h4-6H,2-3H2,1H3,(H,13,14)(H,18,19). The number of aromatic carboxylic acids is 1. The summed E-state index contributed by atoms with van der Waals surface area (Å²) in [5.41, 5.74) is 0.0258. The minimum Gasteiger partial charge on any atom is -0.478 e. The second kappa shape index (κ2) is 5.66. The summed E-state index contributed by atoms with van der Waals surface area (Å²) in [5.74, 6) is 0.215. The molecule has 0 radical (unpaired) electrons. The molecule has 0 aromatic carbocycles. The van der Waals surface area contributed by atoms with E-state index in [2.05, 4.69) is 20.5 Å². The number of aromatic nitrogens is 4. The van der Waals surface area contributed by atoms with Crippen LogP contribution in [0.5, 0.6) is 0 Å². The Labute approximate surface area is 114 Å². The first-order valence-corrected chi connectivity index (χ1v) is 5.91. The zero-order chi connectivity index (χ0) is 13.8. The van der Waals surface area contributed by atoms with Gasteiger partial charge in [0.25, 0.3) is 0 Å². The van der Waals surface area contributed by atoms with Gasteiger partial charge in [-0.2, -0.15) is 0 Å². The van der Waals surface area contributed by atoms with Crippen LogP contribution in [0.3, 0.4) is 0 Å². The first-order valence-electron chi connectivity index (χ1n) is 5.53. The predicted octanol–water partition coefficient (Wildman–Crippen LogP) is 1.22. The van der Waals surface area contributed by atoms with Crippen LogP contribution >= 0.6 is 11.6 Å². The summed E-state index contributed by atoms with van der Waals surface area (Å²) in [7, 11) is 1.86. The van der Waals surface area contributed by atoms with Crippen LogP contribution in [0.1, 0.15) is 16.2 Å². The quantitative estimate of drug-likeness (QED) is 0.856. The van der Waals surface area contributed by atoms with Gasteiger partial charge in [0.05, 0.1) is 10.6 Å². The van der Waals surface area contributed by atoms with Gasteiger partial charge in [0.2, 0.25) is 0 Å². The van der Waals surface area contributed by atoms with Gasteiger partial charge >= 0.3 is 5.97 Å². The molecular formula is C11H12ClN5O2. The molecule has 0 bridgehead atoms. The zero-order valence-electron chi connectivity index (χ0n) is 10.2. The first kappa shape index (κ1) is 13.3. The molecule has 0 amide bonds. The van der Waals surface area contributed by atoms with Gasteiger partial charge in [-0.1, -0.05) is 11.6 Å². The Kier molecular flexibility index (Phi) is 3.96. The van der Waals surface area contributed by atoms with Gasteiger partial charge in [0.15, 0.2) is 0 Å². The molecule has 0 aliphatic rings. The summed E-state index contributed by atoms with van der Waals surface area (Å²) in [4.78, 5) is 14.9. The van der Waals surface area contributed by atoms with Crippen LogP contribution in [0.4, 0.5) is 5.82 Å². The normalized spacial score (nSPS) is 10.4. The lowest BCUT2D eigenvalue weighted by Crippen LogP contribution is -2.10. The smallest absolute Gasteiger partial charge is 0.337 e. The van der Waals surface area contributed by atoms with Crippen LogP contribution in [0, 0.1) is 0 Å². The van der Waals surface area contributed by atoms with Gasteiger partial charge in [-0.3, -0.25) is 0 Å². The Bertz CT molecular complexity index is 599. The van der Waals surface area contributed by atoms with E-state index in [0.29, 0.717) is 18.8 Å². The molecule has 0 saturated carbocycles. The van der Waals surface area contributed by atoms with Crippen molar-refractivity contribution < 1.29 is 9.90 Å². The van der Waals surface area contributed by atoms with Crippen molar-refractivity contribution in [3.05, 3.63) is 35.0 Å². The highest BCUT2D eigenvalue weighted by Crippen LogP contribution is 2.17. The minimum atomic E-state index is -1.08. The number of hydrogen-bond donors (Lipinski definition) is 2. The lowest BCUT2D eigenvalue weighted by Gasteiger charge is -2.06. The number of carboxylic acids is 1. The second-order valence-corrected chi connectivity index (χ2v) is 4.30.